The Morgan fingerprint density at radius 1 is 1.15 bits per heavy atom. The number of hydrogen-bond donors (Lipinski definition) is 0. The van der Waals surface area contributed by atoms with Crippen molar-refractivity contribution >= 4 is 11.6 Å². The van der Waals surface area contributed by atoms with Crippen LogP contribution in [0.3, 0.4) is 0 Å². The fraction of sp³-hybridized carbons (Fsp3) is 0.417. The summed E-state index contributed by atoms with van der Waals surface area (Å²) in [5.41, 5.74) is -1.21. The van der Waals surface area contributed by atoms with E-state index in [-0.39, 0.29) is 11.3 Å². The van der Waals surface area contributed by atoms with Gasteiger partial charge in [0.25, 0.3) is 0 Å². The Morgan fingerprint density at radius 2 is 1.75 bits per heavy atom. The minimum Gasteiger partial charge on any atom is -0.315 e. The molecule has 0 radical (unpaired) electrons. The van der Waals surface area contributed by atoms with Gasteiger partial charge in [-0.25, -0.2) is 0 Å². The number of hydrogen-bond acceptors (Lipinski definition) is 1. The summed E-state index contributed by atoms with van der Waals surface area (Å²) in [5.74, 6) is -2.46. The predicted molar refractivity (Wildman–Crippen MR) is 58.3 cm³/mol. The molecule has 1 aliphatic rings. The Labute approximate surface area is 110 Å². The molecule has 1 amide bonds. The topological polar surface area (TPSA) is 20.3 Å². The predicted octanol–water partition coefficient (Wildman–Crippen LogP) is 3.72. The number of halogens is 6. The van der Waals surface area contributed by atoms with Crippen molar-refractivity contribution < 1.29 is 31.1 Å². The Morgan fingerprint density at radius 3 is 2.25 bits per heavy atom. The Balaban J connectivity index is 2.48. The number of nitrogens with zero attached hydrogens (tertiary/aromatic N) is 1. The van der Waals surface area contributed by atoms with Gasteiger partial charge in [-0.3, -0.25) is 4.79 Å². The zero-order valence-corrected chi connectivity index (χ0v) is 10.1. The van der Waals surface area contributed by atoms with Crippen molar-refractivity contribution in [2.75, 3.05) is 11.9 Å². The summed E-state index contributed by atoms with van der Waals surface area (Å²) in [6, 6.07) is 2.39. The molecule has 1 aliphatic heterocycles. The minimum absolute atomic E-state index is 0.0808. The van der Waals surface area contributed by atoms with E-state index in [1.54, 1.807) is 0 Å². The second kappa shape index (κ2) is 4.39. The van der Waals surface area contributed by atoms with Crippen LogP contribution in [-0.4, -0.2) is 19.1 Å². The number of carbonyl (C=O) groups excluding carboxylic acids is 1. The SMILES string of the molecule is CN1C(=O)C(CC(F)(F)F)c2cc(C(F)(F)F)ccc21. The van der Waals surface area contributed by atoms with Gasteiger partial charge in [-0.05, 0) is 23.8 Å². The summed E-state index contributed by atoms with van der Waals surface area (Å²) in [4.78, 5) is 12.7. The molecule has 1 aromatic rings. The summed E-state index contributed by atoms with van der Waals surface area (Å²) in [6.07, 6.45) is -10.8. The van der Waals surface area contributed by atoms with Crippen LogP contribution in [0.5, 0.6) is 0 Å². The second-order valence-electron chi connectivity index (χ2n) is 4.54. The molecule has 8 heteroatoms. The van der Waals surface area contributed by atoms with Gasteiger partial charge in [0.2, 0.25) is 5.91 Å². The monoisotopic (exact) mass is 297 g/mol. The Hall–Kier alpha value is -1.73. The molecule has 2 rings (SSSR count). The second-order valence-corrected chi connectivity index (χ2v) is 4.54. The molecule has 1 heterocycles. The van der Waals surface area contributed by atoms with Crippen LogP contribution < -0.4 is 4.90 Å². The fourth-order valence-corrected chi connectivity index (χ4v) is 2.23. The first-order chi connectivity index (χ1) is 9.00. The highest BCUT2D eigenvalue weighted by Crippen LogP contribution is 2.44. The van der Waals surface area contributed by atoms with Crippen LogP contribution in [0.15, 0.2) is 18.2 Å². The van der Waals surface area contributed by atoms with Crippen LogP contribution in [0.4, 0.5) is 32.0 Å². The lowest BCUT2D eigenvalue weighted by Crippen LogP contribution is -2.26. The van der Waals surface area contributed by atoms with E-state index < -0.39 is 36.2 Å². The number of alkyl halides is 6. The molecular weight excluding hydrogens is 288 g/mol. The molecule has 0 aliphatic carbocycles. The third kappa shape index (κ3) is 2.59. The number of rotatable bonds is 1. The first-order valence-corrected chi connectivity index (χ1v) is 5.56. The maximum atomic E-state index is 12.6. The zero-order chi connectivity index (χ0) is 15.3. The van der Waals surface area contributed by atoms with Crippen molar-refractivity contribution in [1.29, 1.82) is 0 Å². The molecule has 2 nitrogen and oxygen atoms in total. The molecule has 0 saturated carbocycles. The quantitative estimate of drug-likeness (QED) is 0.723. The number of amides is 1. The van der Waals surface area contributed by atoms with Crippen molar-refractivity contribution in [3.63, 3.8) is 0 Å². The molecule has 0 spiro atoms. The first kappa shape index (κ1) is 14.7. The lowest BCUT2D eigenvalue weighted by molar-refractivity contribution is -0.146. The van der Waals surface area contributed by atoms with Gasteiger partial charge in [0.15, 0.2) is 0 Å². The van der Waals surface area contributed by atoms with Crippen molar-refractivity contribution in [1.82, 2.24) is 0 Å². The zero-order valence-electron chi connectivity index (χ0n) is 10.1. The van der Waals surface area contributed by atoms with Crippen LogP contribution in [-0.2, 0) is 11.0 Å². The van der Waals surface area contributed by atoms with Crippen molar-refractivity contribution in [3.8, 4) is 0 Å². The smallest absolute Gasteiger partial charge is 0.315 e. The van der Waals surface area contributed by atoms with Gasteiger partial charge in [0.1, 0.15) is 0 Å². The van der Waals surface area contributed by atoms with Crippen molar-refractivity contribution in [3.05, 3.63) is 29.3 Å². The van der Waals surface area contributed by atoms with Gasteiger partial charge in [0, 0.05) is 12.7 Å². The number of fused-ring (bicyclic) bond motifs is 1. The largest absolute Gasteiger partial charge is 0.416 e. The number of likely N-dealkylation sites (N-methyl/N-ethyl adjacent to an activating group) is 1. The number of benzene rings is 1. The van der Waals surface area contributed by atoms with E-state index in [0.717, 1.165) is 17.0 Å². The first-order valence-electron chi connectivity index (χ1n) is 5.56. The summed E-state index contributed by atoms with van der Waals surface area (Å²) in [6.45, 7) is 0. The Bertz CT molecular complexity index is 548. The van der Waals surface area contributed by atoms with E-state index in [9.17, 15) is 31.1 Å². The number of carbonyl (C=O) groups is 1. The highest BCUT2D eigenvalue weighted by molar-refractivity contribution is 6.04. The van der Waals surface area contributed by atoms with Crippen LogP contribution >= 0.6 is 0 Å². The van der Waals surface area contributed by atoms with E-state index in [1.807, 2.05) is 0 Å². The average Bonchev–Trinajstić information content (AvgIpc) is 2.51. The highest BCUT2D eigenvalue weighted by atomic mass is 19.4. The summed E-state index contributed by atoms with van der Waals surface area (Å²) >= 11 is 0. The van der Waals surface area contributed by atoms with Crippen molar-refractivity contribution in [2.24, 2.45) is 0 Å². The standard InChI is InChI=1S/C12H9F6NO/c1-19-9-3-2-6(12(16,17)18)4-7(9)8(10(19)20)5-11(13,14)15/h2-4,8H,5H2,1H3. The van der Waals surface area contributed by atoms with Gasteiger partial charge in [0.05, 0.1) is 17.9 Å². The molecule has 20 heavy (non-hydrogen) atoms. The maximum absolute atomic E-state index is 12.6. The molecule has 0 bridgehead atoms. The van der Waals surface area contributed by atoms with Gasteiger partial charge in [-0.15, -0.1) is 0 Å². The molecular formula is C12H9F6NO. The van der Waals surface area contributed by atoms with Gasteiger partial charge >= 0.3 is 12.4 Å². The molecule has 0 N–H and O–H groups in total. The third-order valence-corrected chi connectivity index (χ3v) is 3.16. The minimum atomic E-state index is -4.66. The molecule has 1 unspecified atom stereocenters. The maximum Gasteiger partial charge on any atom is 0.416 e. The molecule has 110 valence electrons. The fourth-order valence-electron chi connectivity index (χ4n) is 2.23. The lowest BCUT2D eigenvalue weighted by Gasteiger charge is -2.13. The van der Waals surface area contributed by atoms with Crippen LogP contribution in [0.1, 0.15) is 23.5 Å². The van der Waals surface area contributed by atoms with Gasteiger partial charge in [-0.1, -0.05) is 0 Å². The molecule has 0 saturated heterocycles. The highest BCUT2D eigenvalue weighted by Gasteiger charge is 2.44. The Kier molecular flexibility index (Phi) is 3.22. The van der Waals surface area contributed by atoms with E-state index in [0.29, 0.717) is 6.07 Å². The van der Waals surface area contributed by atoms with E-state index >= 15 is 0 Å². The lowest BCUT2D eigenvalue weighted by atomic mass is 9.95. The summed E-state index contributed by atoms with van der Waals surface area (Å²) in [5, 5.41) is 0. The molecule has 1 atom stereocenters. The molecule has 0 fully saturated rings. The van der Waals surface area contributed by atoms with Crippen molar-refractivity contribution in [2.45, 2.75) is 24.7 Å². The third-order valence-electron chi connectivity index (χ3n) is 3.16. The molecule has 0 aromatic heterocycles. The summed E-state index contributed by atoms with van der Waals surface area (Å²) in [7, 11) is 1.24. The average molecular weight is 297 g/mol. The van der Waals surface area contributed by atoms with E-state index in [1.165, 1.54) is 7.05 Å². The van der Waals surface area contributed by atoms with E-state index in [2.05, 4.69) is 0 Å². The van der Waals surface area contributed by atoms with Crippen LogP contribution in [0, 0.1) is 0 Å². The van der Waals surface area contributed by atoms with Gasteiger partial charge < -0.3 is 4.90 Å². The normalized spacial score (nSPS) is 19.4. The van der Waals surface area contributed by atoms with Gasteiger partial charge in [-0.2, -0.15) is 26.3 Å². The van der Waals surface area contributed by atoms with Crippen LogP contribution in [0.25, 0.3) is 0 Å². The number of anilines is 1. The summed E-state index contributed by atoms with van der Waals surface area (Å²) < 4.78 is 75.1. The molecule has 1 aromatic carbocycles. The van der Waals surface area contributed by atoms with E-state index in [4.69, 9.17) is 0 Å². The van der Waals surface area contributed by atoms with Crippen LogP contribution in [0.2, 0.25) is 0 Å².